The molecule has 3 amide bonds. The van der Waals surface area contributed by atoms with E-state index in [1.807, 2.05) is 20.8 Å². The molecule has 0 saturated carbocycles. The molecule has 0 aliphatic heterocycles. The number of rotatable bonds is 9. The van der Waals surface area contributed by atoms with Crippen LogP contribution < -0.4 is 21.3 Å². The first-order valence-electron chi connectivity index (χ1n) is 10.0. The van der Waals surface area contributed by atoms with Gasteiger partial charge in [-0.1, -0.05) is 6.07 Å². The molecular formula is C23H30N4O4. The highest BCUT2D eigenvalue weighted by Gasteiger charge is 2.15. The summed E-state index contributed by atoms with van der Waals surface area (Å²) in [6.45, 7) is 6.63. The summed E-state index contributed by atoms with van der Waals surface area (Å²) in [4.78, 5) is 36.5. The first-order chi connectivity index (χ1) is 14.7. The third-order valence-corrected chi connectivity index (χ3v) is 4.09. The van der Waals surface area contributed by atoms with Crippen molar-refractivity contribution in [3.63, 3.8) is 0 Å². The van der Waals surface area contributed by atoms with E-state index in [-0.39, 0.29) is 29.8 Å². The Labute approximate surface area is 182 Å². The maximum Gasteiger partial charge on any atom is 0.251 e. The fourth-order valence-electron chi connectivity index (χ4n) is 2.65. The quantitative estimate of drug-likeness (QED) is 0.461. The maximum absolute atomic E-state index is 12.3. The number of carbonyl (C=O) groups is 3. The predicted octanol–water partition coefficient (Wildman–Crippen LogP) is 2.64. The summed E-state index contributed by atoms with van der Waals surface area (Å²) in [5.74, 6) is -0.642. The molecule has 0 aromatic heterocycles. The minimum atomic E-state index is -0.312. The van der Waals surface area contributed by atoms with Crippen molar-refractivity contribution in [2.45, 2.75) is 26.3 Å². The first kappa shape index (κ1) is 23.9. The molecule has 8 heteroatoms. The van der Waals surface area contributed by atoms with Gasteiger partial charge in [-0.05, 0) is 63.2 Å². The summed E-state index contributed by atoms with van der Waals surface area (Å²) in [6, 6.07) is 13.6. The van der Waals surface area contributed by atoms with Gasteiger partial charge in [0, 0.05) is 41.7 Å². The van der Waals surface area contributed by atoms with Crippen LogP contribution in [0.25, 0.3) is 0 Å². The van der Waals surface area contributed by atoms with Crippen molar-refractivity contribution in [2.24, 2.45) is 0 Å². The first-order valence-corrected chi connectivity index (χ1v) is 10.0. The molecule has 0 fully saturated rings. The van der Waals surface area contributed by atoms with Crippen LogP contribution in [0, 0.1) is 0 Å². The third-order valence-electron chi connectivity index (χ3n) is 4.09. The van der Waals surface area contributed by atoms with E-state index in [4.69, 9.17) is 4.74 Å². The summed E-state index contributed by atoms with van der Waals surface area (Å²) in [5.41, 5.74) is 1.93. The van der Waals surface area contributed by atoms with E-state index in [1.54, 1.807) is 55.6 Å². The van der Waals surface area contributed by atoms with Crippen molar-refractivity contribution < 1.29 is 19.1 Å². The van der Waals surface area contributed by atoms with Crippen LogP contribution in [0.3, 0.4) is 0 Å². The van der Waals surface area contributed by atoms with Crippen molar-refractivity contribution >= 4 is 29.1 Å². The van der Waals surface area contributed by atoms with Gasteiger partial charge in [0.05, 0.1) is 13.2 Å². The topological polar surface area (TPSA) is 109 Å². The van der Waals surface area contributed by atoms with Crippen LogP contribution in [0.5, 0.6) is 0 Å². The SMILES string of the molecule is COCCNC(=O)c1cccc(NC(=O)CNc2ccc(C(=O)NC(C)(C)C)cc2)c1. The lowest BCUT2D eigenvalue weighted by Crippen LogP contribution is -2.40. The Morgan fingerprint density at radius 1 is 0.903 bits per heavy atom. The summed E-state index contributed by atoms with van der Waals surface area (Å²) >= 11 is 0. The van der Waals surface area contributed by atoms with Gasteiger partial charge in [0.1, 0.15) is 0 Å². The Balaban J connectivity index is 1.86. The normalized spacial score (nSPS) is 10.8. The molecule has 2 rings (SSSR count). The number of anilines is 2. The minimum absolute atomic E-state index is 0.0395. The van der Waals surface area contributed by atoms with Crippen molar-refractivity contribution in [2.75, 3.05) is 37.4 Å². The summed E-state index contributed by atoms with van der Waals surface area (Å²) in [6.07, 6.45) is 0. The lowest BCUT2D eigenvalue weighted by atomic mass is 10.1. The average Bonchev–Trinajstić information content (AvgIpc) is 2.71. The van der Waals surface area contributed by atoms with Crippen molar-refractivity contribution in [3.05, 3.63) is 59.7 Å². The molecule has 0 atom stereocenters. The maximum atomic E-state index is 12.3. The zero-order valence-electron chi connectivity index (χ0n) is 18.4. The lowest BCUT2D eigenvalue weighted by Gasteiger charge is -2.20. The summed E-state index contributed by atoms with van der Waals surface area (Å²) in [7, 11) is 1.56. The standard InChI is InChI=1S/C23H30N4O4/c1-23(2,3)27-22(30)16-8-10-18(11-9-16)25-15-20(28)26-19-7-5-6-17(14-19)21(29)24-12-13-31-4/h5-11,14,25H,12-13,15H2,1-4H3,(H,24,29)(H,26,28)(H,27,30). The van der Waals surface area contributed by atoms with Crippen LogP contribution in [-0.2, 0) is 9.53 Å². The van der Waals surface area contributed by atoms with E-state index in [2.05, 4.69) is 21.3 Å². The second kappa shape index (κ2) is 11.1. The Hall–Kier alpha value is -3.39. The van der Waals surface area contributed by atoms with E-state index in [1.165, 1.54) is 0 Å². The van der Waals surface area contributed by atoms with Crippen molar-refractivity contribution in [1.29, 1.82) is 0 Å². The highest BCUT2D eigenvalue weighted by Crippen LogP contribution is 2.13. The monoisotopic (exact) mass is 426 g/mol. The number of methoxy groups -OCH3 is 1. The molecule has 0 radical (unpaired) electrons. The lowest BCUT2D eigenvalue weighted by molar-refractivity contribution is -0.114. The Morgan fingerprint density at radius 2 is 1.61 bits per heavy atom. The van der Waals surface area contributed by atoms with E-state index in [0.717, 1.165) is 0 Å². The molecule has 2 aromatic carbocycles. The highest BCUT2D eigenvalue weighted by molar-refractivity contribution is 5.98. The van der Waals surface area contributed by atoms with Crippen molar-refractivity contribution in [3.8, 4) is 0 Å². The number of nitrogens with one attached hydrogen (secondary N) is 4. The van der Waals surface area contributed by atoms with Gasteiger partial charge >= 0.3 is 0 Å². The van der Waals surface area contributed by atoms with E-state index in [0.29, 0.717) is 35.7 Å². The number of benzene rings is 2. The smallest absolute Gasteiger partial charge is 0.251 e. The Bertz CT molecular complexity index is 905. The van der Waals surface area contributed by atoms with E-state index >= 15 is 0 Å². The van der Waals surface area contributed by atoms with Crippen LogP contribution >= 0.6 is 0 Å². The van der Waals surface area contributed by atoms with Gasteiger partial charge in [0.15, 0.2) is 0 Å². The molecule has 0 saturated heterocycles. The number of carbonyl (C=O) groups excluding carboxylic acids is 3. The van der Waals surface area contributed by atoms with Crippen molar-refractivity contribution in [1.82, 2.24) is 10.6 Å². The largest absolute Gasteiger partial charge is 0.383 e. The minimum Gasteiger partial charge on any atom is -0.383 e. The fraction of sp³-hybridized carbons (Fsp3) is 0.348. The number of amides is 3. The van der Waals surface area contributed by atoms with Crippen LogP contribution in [0.1, 0.15) is 41.5 Å². The molecule has 0 aliphatic rings. The predicted molar refractivity (Wildman–Crippen MR) is 121 cm³/mol. The molecule has 0 heterocycles. The van der Waals surface area contributed by atoms with Gasteiger partial charge in [-0.2, -0.15) is 0 Å². The molecule has 0 spiro atoms. The van der Waals surface area contributed by atoms with Crippen LogP contribution in [-0.4, -0.2) is 50.1 Å². The zero-order chi connectivity index (χ0) is 22.9. The molecule has 0 unspecified atom stereocenters. The fourth-order valence-corrected chi connectivity index (χ4v) is 2.65. The summed E-state index contributed by atoms with van der Waals surface area (Å²) in [5, 5.41) is 11.4. The molecule has 31 heavy (non-hydrogen) atoms. The van der Waals surface area contributed by atoms with Gasteiger partial charge in [0.2, 0.25) is 5.91 Å². The molecule has 4 N–H and O–H groups in total. The summed E-state index contributed by atoms with van der Waals surface area (Å²) < 4.78 is 4.91. The second-order valence-corrected chi connectivity index (χ2v) is 8.01. The van der Waals surface area contributed by atoms with Gasteiger partial charge in [-0.3, -0.25) is 14.4 Å². The Morgan fingerprint density at radius 3 is 2.26 bits per heavy atom. The molecule has 8 nitrogen and oxygen atoms in total. The number of hydrogen-bond acceptors (Lipinski definition) is 5. The molecule has 0 aliphatic carbocycles. The van der Waals surface area contributed by atoms with Gasteiger partial charge in [-0.25, -0.2) is 0 Å². The van der Waals surface area contributed by atoms with Crippen LogP contribution in [0.15, 0.2) is 48.5 Å². The number of hydrogen-bond donors (Lipinski definition) is 4. The number of ether oxygens (including phenoxy) is 1. The molecule has 2 aromatic rings. The van der Waals surface area contributed by atoms with Gasteiger partial charge in [0.25, 0.3) is 11.8 Å². The van der Waals surface area contributed by atoms with Gasteiger partial charge in [-0.15, -0.1) is 0 Å². The molecule has 166 valence electrons. The van der Waals surface area contributed by atoms with Crippen LogP contribution in [0.4, 0.5) is 11.4 Å². The van der Waals surface area contributed by atoms with Gasteiger partial charge < -0.3 is 26.0 Å². The molecule has 0 bridgehead atoms. The Kier molecular flexibility index (Phi) is 8.57. The van der Waals surface area contributed by atoms with Crippen LogP contribution in [0.2, 0.25) is 0 Å². The highest BCUT2D eigenvalue weighted by atomic mass is 16.5. The average molecular weight is 427 g/mol. The zero-order valence-corrected chi connectivity index (χ0v) is 18.4. The molecular weight excluding hydrogens is 396 g/mol. The van der Waals surface area contributed by atoms with E-state index in [9.17, 15) is 14.4 Å². The van der Waals surface area contributed by atoms with E-state index < -0.39 is 0 Å². The second-order valence-electron chi connectivity index (χ2n) is 8.01. The third kappa shape index (κ3) is 8.47.